The average molecular weight is 757 g/mol. The van der Waals surface area contributed by atoms with E-state index in [1.807, 2.05) is 0 Å². The molecule has 2 nitrogen and oxygen atoms in total. The first-order chi connectivity index (χ1) is 27.5. The molecule has 0 spiro atoms. The summed E-state index contributed by atoms with van der Waals surface area (Å²) in [6, 6.07) is 32.1. The van der Waals surface area contributed by atoms with Crippen LogP contribution in [-0.4, -0.2) is 0 Å². The molecule has 0 aliphatic heterocycles. The van der Waals surface area contributed by atoms with Gasteiger partial charge in [-0.15, -0.1) is 0 Å². The molecule has 2 heteroatoms. The van der Waals surface area contributed by atoms with Crippen LogP contribution in [0.2, 0.25) is 0 Å². The standard InChI is InChI=1S/C54H80N2/c1-3-5-7-9-19-23-27-51-43-49(37-39-53(51)55)41-47-33-29-45(30-34-47)25-21-17-15-13-11-12-14-16-18-22-26-46-31-35-48(36-32-46)42-50-38-40-54(56)52(44-50)28-24-20-10-8-6-4-2/h29-40,43-44H,3-28,41-42,55-56H2,1-2H3. The quantitative estimate of drug-likeness (QED) is 0.0397. The van der Waals surface area contributed by atoms with Gasteiger partial charge in [0.25, 0.3) is 0 Å². The van der Waals surface area contributed by atoms with Crippen molar-refractivity contribution in [2.75, 3.05) is 11.5 Å². The molecule has 0 aromatic heterocycles. The molecule has 4 aromatic carbocycles. The third-order valence-electron chi connectivity index (χ3n) is 12.1. The Labute approximate surface area is 344 Å². The molecule has 0 atom stereocenters. The molecule has 0 radical (unpaired) electrons. The van der Waals surface area contributed by atoms with Crippen LogP contribution in [0.1, 0.15) is 200 Å². The molecule has 0 amide bonds. The Hall–Kier alpha value is -3.52. The minimum Gasteiger partial charge on any atom is -0.399 e. The summed E-state index contributed by atoms with van der Waals surface area (Å²) in [5, 5.41) is 0. The van der Waals surface area contributed by atoms with Gasteiger partial charge in [0.05, 0.1) is 0 Å². The highest BCUT2D eigenvalue weighted by molar-refractivity contribution is 5.50. The Morgan fingerprint density at radius 1 is 0.286 bits per heavy atom. The number of rotatable bonds is 31. The minimum atomic E-state index is 0.958. The van der Waals surface area contributed by atoms with Crippen LogP contribution in [0.15, 0.2) is 84.9 Å². The number of aryl methyl sites for hydroxylation is 4. The highest BCUT2D eigenvalue weighted by Crippen LogP contribution is 2.23. The number of benzene rings is 4. The smallest absolute Gasteiger partial charge is 0.0346 e. The number of unbranched alkanes of at least 4 members (excludes halogenated alkanes) is 19. The van der Waals surface area contributed by atoms with E-state index in [2.05, 4.69) is 98.8 Å². The van der Waals surface area contributed by atoms with Gasteiger partial charge in [0.15, 0.2) is 0 Å². The van der Waals surface area contributed by atoms with Gasteiger partial charge in [-0.2, -0.15) is 0 Å². The number of hydrogen-bond acceptors (Lipinski definition) is 2. The number of nitrogen functional groups attached to an aromatic ring is 2. The van der Waals surface area contributed by atoms with Crippen LogP contribution in [0.25, 0.3) is 0 Å². The second-order valence-electron chi connectivity index (χ2n) is 17.1. The third kappa shape index (κ3) is 18.6. The van der Waals surface area contributed by atoms with Gasteiger partial charge in [-0.1, -0.05) is 202 Å². The van der Waals surface area contributed by atoms with Crippen molar-refractivity contribution in [1.29, 1.82) is 0 Å². The van der Waals surface area contributed by atoms with Crippen LogP contribution in [0.4, 0.5) is 11.4 Å². The summed E-state index contributed by atoms with van der Waals surface area (Å²) in [5.74, 6) is 0. The molecule has 0 unspecified atom stereocenters. The monoisotopic (exact) mass is 757 g/mol. The van der Waals surface area contributed by atoms with Crippen molar-refractivity contribution < 1.29 is 0 Å². The predicted molar refractivity (Wildman–Crippen MR) is 248 cm³/mol. The molecule has 0 saturated carbocycles. The maximum Gasteiger partial charge on any atom is 0.0346 e. The number of nitrogens with two attached hydrogens (primary N) is 2. The summed E-state index contributed by atoms with van der Waals surface area (Å²) < 4.78 is 0. The molecule has 4 rings (SSSR count). The van der Waals surface area contributed by atoms with Crippen molar-refractivity contribution >= 4 is 11.4 Å². The van der Waals surface area contributed by atoms with Gasteiger partial charge >= 0.3 is 0 Å². The topological polar surface area (TPSA) is 52.0 Å². The van der Waals surface area contributed by atoms with Crippen LogP contribution >= 0.6 is 0 Å². The lowest BCUT2D eigenvalue weighted by Gasteiger charge is -2.10. The van der Waals surface area contributed by atoms with Crippen LogP contribution in [0, 0.1) is 0 Å². The van der Waals surface area contributed by atoms with Gasteiger partial charge < -0.3 is 11.5 Å². The summed E-state index contributed by atoms with van der Waals surface area (Å²) in [4.78, 5) is 0. The van der Waals surface area contributed by atoms with Gasteiger partial charge in [-0.05, 0) is 121 Å². The zero-order chi connectivity index (χ0) is 39.5. The van der Waals surface area contributed by atoms with E-state index in [4.69, 9.17) is 11.5 Å². The van der Waals surface area contributed by atoms with Crippen molar-refractivity contribution in [1.82, 2.24) is 0 Å². The van der Waals surface area contributed by atoms with Crippen LogP contribution in [-0.2, 0) is 38.5 Å². The van der Waals surface area contributed by atoms with Crippen LogP contribution in [0.3, 0.4) is 0 Å². The Bertz CT molecular complexity index is 1460. The first-order valence-corrected chi connectivity index (χ1v) is 23.4. The molecule has 0 fully saturated rings. The SMILES string of the molecule is CCCCCCCCc1cc(Cc2ccc(CCCCCCCCCCCCc3ccc(Cc4ccc(N)c(CCCCCCCC)c4)cc3)cc2)ccc1N. The Kier molecular flexibility index (Phi) is 22.6. The predicted octanol–water partition coefficient (Wildman–Crippen LogP) is 15.5. The fourth-order valence-corrected chi connectivity index (χ4v) is 8.35. The Balaban J connectivity index is 0.987. The summed E-state index contributed by atoms with van der Waals surface area (Å²) in [6.07, 6.45) is 36.2. The summed E-state index contributed by atoms with van der Waals surface area (Å²) in [7, 11) is 0. The molecule has 4 N–H and O–H groups in total. The van der Waals surface area contributed by atoms with Gasteiger partial charge in [0, 0.05) is 11.4 Å². The second-order valence-corrected chi connectivity index (χ2v) is 17.1. The second kappa shape index (κ2) is 28.0. The first-order valence-electron chi connectivity index (χ1n) is 23.4. The van der Waals surface area contributed by atoms with E-state index in [1.165, 1.54) is 199 Å². The van der Waals surface area contributed by atoms with Crippen molar-refractivity contribution in [2.24, 2.45) is 0 Å². The average Bonchev–Trinajstić information content (AvgIpc) is 3.21. The molecule has 0 saturated heterocycles. The Morgan fingerprint density at radius 3 is 0.893 bits per heavy atom. The highest BCUT2D eigenvalue weighted by Gasteiger charge is 2.06. The molecule has 0 heterocycles. The van der Waals surface area contributed by atoms with E-state index in [1.54, 1.807) is 0 Å². The van der Waals surface area contributed by atoms with Gasteiger partial charge in [-0.25, -0.2) is 0 Å². The number of anilines is 2. The molecule has 0 aliphatic rings. The van der Waals surface area contributed by atoms with E-state index in [0.717, 1.165) is 37.1 Å². The Morgan fingerprint density at radius 2 is 0.554 bits per heavy atom. The molecule has 56 heavy (non-hydrogen) atoms. The zero-order valence-electron chi connectivity index (χ0n) is 36.0. The van der Waals surface area contributed by atoms with E-state index < -0.39 is 0 Å². The van der Waals surface area contributed by atoms with Crippen LogP contribution < -0.4 is 11.5 Å². The fraction of sp³-hybridized carbons (Fsp3) is 0.556. The lowest BCUT2D eigenvalue weighted by molar-refractivity contribution is 0.551. The van der Waals surface area contributed by atoms with E-state index in [-0.39, 0.29) is 0 Å². The van der Waals surface area contributed by atoms with E-state index in [0.29, 0.717) is 0 Å². The third-order valence-corrected chi connectivity index (χ3v) is 12.1. The van der Waals surface area contributed by atoms with Crippen molar-refractivity contribution in [3.05, 3.63) is 129 Å². The molecule has 0 bridgehead atoms. The number of hydrogen-bond donors (Lipinski definition) is 2. The van der Waals surface area contributed by atoms with Crippen LogP contribution in [0.5, 0.6) is 0 Å². The van der Waals surface area contributed by atoms with Gasteiger partial charge in [-0.3, -0.25) is 0 Å². The summed E-state index contributed by atoms with van der Waals surface area (Å²) in [6.45, 7) is 4.56. The summed E-state index contributed by atoms with van der Waals surface area (Å²) in [5.41, 5.74) is 25.8. The van der Waals surface area contributed by atoms with Gasteiger partial charge in [0.2, 0.25) is 0 Å². The maximum absolute atomic E-state index is 6.33. The largest absolute Gasteiger partial charge is 0.399 e. The van der Waals surface area contributed by atoms with E-state index in [9.17, 15) is 0 Å². The molecular formula is C54H80N2. The van der Waals surface area contributed by atoms with Crippen molar-refractivity contribution in [3.63, 3.8) is 0 Å². The highest BCUT2D eigenvalue weighted by atomic mass is 14.6. The first kappa shape index (κ1) is 45.2. The molecule has 4 aromatic rings. The van der Waals surface area contributed by atoms with Gasteiger partial charge in [0.1, 0.15) is 0 Å². The van der Waals surface area contributed by atoms with Crippen molar-refractivity contribution in [3.8, 4) is 0 Å². The fourth-order valence-electron chi connectivity index (χ4n) is 8.35. The molecule has 306 valence electrons. The zero-order valence-corrected chi connectivity index (χ0v) is 36.0. The van der Waals surface area contributed by atoms with Crippen molar-refractivity contribution in [2.45, 2.75) is 194 Å². The normalized spacial score (nSPS) is 11.4. The summed E-state index contributed by atoms with van der Waals surface area (Å²) >= 11 is 0. The van der Waals surface area contributed by atoms with E-state index >= 15 is 0 Å². The lowest BCUT2D eigenvalue weighted by atomic mass is 9.97. The minimum absolute atomic E-state index is 0.958. The molecular weight excluding hydrogens is 677 g/mol. The lowest BCUT2D eigenvalue weighted by Crippen LogP contribution is -1.98. The maximum atomic E-state index is 6.33. The molecule has 0 aliphatic carbocycles.